The summed E-state index contributed by atoms with van der Waals surface area (Å²) in [5, 5.41) is 3.44. The van der Waals surface area contributed by atoms with E-state index >= 15 is 0 Å². The average molecular weight is 236 g/mol. The molecule has 94 valence electrons. The second-order valence-corrected chi connectivity index (χ2v) is 4.23. The number of pyridine rings is 1. The van der Waals surface area contributed by atoms with Crippen molar-refractivity contribution in [3.05, 3.63) is 18.3 Å². The van der Waals surface area contributed by atoms with Gasteiger partial charge in [0.1, 0.15) is 0 Å². The lowest BCUT2D eigenvalue weighted by molar-refractivity contribution is 0.0903. The second kappa shape index (κ2) is 6.45. The predicted octanol–water partition coefficient (Wildman–Crippen LogP) is 2.46. The van der Waals surface area contributed by atoms with Crippen molar-refractivity contribution in [3.8, 4) is 5.75 Å². The molecule has 17 heavy (non-hydrogen) atoms. The summed E-state index contributed by atoms with van der Waals surface area (Å²) in [6, 6.07) is 4.31. The number of nitrogens with zero attached hydrogens (tertiary/aromatic N) is 1. The van der Waals surface area contributed by atoms with E-state index in [1.165, 1.54) is 0 Å². The van der Waals surface area contributed by atoms with Crippen molar-refractivity contribution in [2.75, 3.05) is 25.1 Å². The van der Waals surface area contributed by atoms with E-state index < -0.39 is 0 Å². The number of ether oxygens (including phenoxy) is 2. The van der Waals surface area contributed by atoms with Crippen LogP contribution in [0, 0.1) is 0 Å². The summed E-state index contributed by atoms with van der Waals surface area (Å²) in [6.45, 7) is 4.49. The first-order chi connectivity index (χ1) is 8.40. The summed E-state index contributed by atoms with van der Waals surface area (Å²) in [7, 11) is 0. The number of rotatable bonds is 5. The highest BCUT2D eigenvalue weighted by atomic mass is 16.5. The Balaban J connectivity index is 1.98. The van der Waals surface area contributed by atoms with E-state index in [0.717, 1.165) is 50.7 Å². The van der Waals surface area contributed by atoms with Gasteiger partial charge in [0.25, 0.3) is 0 Å². The fraction of sp³-hybridized carbons (Fsp3) is 0.615. The Morgan fingerprint density at radius 2 is 2.29 bits per heavy atom. The SMILES string of the molecule is CCCOc1cccnc1NC1CCOCC1. The fourth-order valence-electron chi connectivity index (χ4n) is 1.86. The van der Waals surface area contributed by atoms with Crippen molar-refractivity contribution in [1.29, 1.82) is 0 Å². The van der Waals surface area contributed by atoms with E-state index in [4.69, 9.17) is 9.47 Å². The van der Waals surface area contributed by atoms with Gasteiger partial charge >= 0.3 is 0 Å². The van der Waals surface area contributed by atoms with Gasteiger partial charge in [-0.2, -0.15) is 0 Å². The van der Waals surface area contributed by atoms with Crippen LogP contribution in [0.25, 0.3) is 0 Å². The van der Waals surface area contributed by atoms with Crippen molar-refractivity contribution < 1.29 is 9.47 Å². The van der Waals surface area contributed by atoms with Crippen LogP contribution in [-0.2, 0) is 4.74 Å². The summed E-state index contributed by atoms with van der Waals surface area (Å²) in [5.41, 5.74) is 0. The topological polar surface area (TPSA) is 43.4 Å². The molecule has 1 aromatic heterocycles. The largest absolute Gasteiger partial charge is 0.490 e. The number of aromatic nitrogens is 1. The van der Waals surface area contributed by atoms with Gasteiger partial charge in [-0.1, -0.05) is 6.92 Å². The first-order valence-corrected chi connectivity index (χ1v) is 6.32. The molecule has 1 saturated heterocycles. The van der Waals surface area contributed by atoms with Gasteiger partial charge < -0.3 is 14.8 Å². The normalized spacial score (nSPS) is 16.8. The van der Waals surface area contributed by atoms with Crippen LogP contribution < -0.4 is 10.1 Å². The first kappa shape index (κ1) is 12.2. The van der Waals surface area contributed by atoms with Gasteiger partial charge in [-0.15, -0.1) is 0 Å². The molecule has 4 nitrogen and oxygen atoms in total. The highest BCUT2D eigenvalue weighted by Gasteiger charge is 2.15. The lowest BCUT2D eigenvalue weighted by atomic mass is 10.1. The molecule has 0 unspecified atom stereocenters. The molecule has 4 heteroatoms. The predicted molar refractivity (Wildman–Crippen MR) is 67.5 cm³/mol. The van der Waals surface area contributed by atoms with Crippen molar-refractivity contribution in [1.82, 2.24) is 4.98 Å². The molecule has 0 radical (unpaired) electrons. The van der Waals surface area contributed by atoms with Gasteiger partial charge in [0, 0.05) is 25.5 Å². The first-order valence-electron chi connectivity index (χ1n) is 6.32. The third-order valence-electron chi connectivity index (χ3n) is 2.79. The van der Waals surface area contributed by atoms with E-state index in [0.29, 0.717) is 6.04 Å². The maximum atomic E-state index is 5.67. The number of anilines is 1. The Hall–Kier alpha value is -1.29. The third-order valence-corrected chi connectivity index (χ3v) is 2.79. The Bertz CT molecular complexity index is 338. The molecule has 0 saturated carbocycles. The van der Waals surface area contributed by atoms with Gasteiger partial charge in [-0.05, 0) is 31.4 Å². The zero-order valence-electron chi connectivity index (χ0n) is 10.3. The molecule has 0 aliphatic carbocycles. The van der Waals surface area contributed by atoms with Crippen molar-refractivity contribution in [2.24, 2.45) is 0 Å². The number of hydrogen-bond donors (Lipinski definition) is 1. The maximum Gasteiger partial charge on any atom is 0.168 e. The Morgan fingerprint density at radius 3 is 3.06 bits per heavy atom. The molecule has 0 atom stereocenters. The smallest absolute Gasteiger partial charge is 0.168 e. The van der Waals surface area contributed by atoms with Crippen LogP contribution in [-0.4, -0.2) is 30.8 Å². The van der Waals surface area contributed by atoms with Gasteiger partial charge in [0.05, 0.1) is 6.61 Å². The van der Waals surface area contributed by atoms with E-state index in [1.807, 2.05) is 12.1 Å². The molecule has 1 fully saturated rings. The van der Waals surface area contributed by atoms with Gasteiger partial charge in [0.2, 0.25) is 0 Å². The minimum Gasteiger partial charge on any atom is -0.490 e. The minimum absolute atomic E-state index is 0.447. The van der Waals surface area contributed by atoms with E-state index in [1.54, 1.807) is 6.20 Å². The molecule has 1 aliphatic heterocycles. The molecule has 0 amide bonds. The standard InChI is InChI=1S/C13H20N2O2/c1-2-8-17-12-4-3-7-14-13(12)15-11-5-9-16-10-6-11/h3-4,7,11H,2,5-6,8-10H2,1H3,(H,14,15). The van der Waals surface area contributed by atoms with E-state index in [9.17, 15) is 0 Å². The van der Waals surface area contributed by atoms with Crippen LogP contribution in [0.2, 0.25) is 0 Å². The van der Waals surface area contributed by atoms with Crippen LogP contribution in [0.15, 0.2) is 18.3 Å². The molecule has 0 aromatic carbocycles. The average Bonchev–Trinajstić information content (AvgIpc) is 2.39. The summed E-state index contributed by atoms with van der Waals surface area (Å²) >= 11 is 0. The highest BCUT2D eigenvalue weighted by molar-refractivity contribution is 5.50. The lowest BCUT2D eigenvalue weighted by Crippen LogP contribution is -2.28. The van der Waals surface area contributed by atoms with Crippen molar-refractivity contribution >= 4 is 5.82 Å². The van der Waals surface area contributed by atoms with Crippen LogP contribution in [0.1, 0.15) is 26.2 Å². The lowest BCUT2D eigenvalue weighted by Gasteiger charge is -2.24. The fourth-order valence-corrected chi connectivity index (χ4v) is 1.86. The summed E-state index contributed by atoms with van der Waals surface area (Å²) < 4.78 is 11.0. The molecule has 1 aromatic rings. The van der Waals surface area contributed by atoms with Crippen LogP contribution in [0.5, 0.6) is 5.75 Å². The Labute approximate surface area is 102 Å². The van der Waals surface area contributed by atoms with Gasteiger partial charge in [-0.3, -0.25) is 0 Å². The summed E-state index contributed by atoms with van der Waals surface area (Å²) in [5.74, 6) is 1.70. The third kappa shape index (κ3) is 3.60. The number of hydrogen-bond acceptors (Lipinski definition) is 4. The maximum absolute atomic E-state index is 5.67. The Kier molecular flexibility index (Phi) is 4.62. The Morgan fingerprint density at radius 1 is 1.47 bits per heavy atom. The molecule has 1 N–H and O–H groups in total. The zero-order valence-corrected chi connectivity index (χ0v) is 10.3. The monoisotopic (exact) mass is 236 g/mol. The van der Waals surface area contributed by atoms with Crippen LogP contribution >= 0.6 is 0 Å². The second-order valence-electron chi connectivity index (χ2n) is 4.23. The van der Waals surface area contributed by atoms with Crippen molar-refractivity contribution in [2.45, 2.75) is 32.2 Å². The van der Waals surface area contributed by atoms with Gasteiger partial charge in [0.15, 0.2) is 11.6 Å². The van der Waals surface area contributed by atoms with Crippen LogP contribution in [0.3, 0.4) is 0 Å². The molecular formula is C13H20N2O2. The molecule has 0 spiro atoms. The quantitative estimate of drug-likeness (QED) is 0.853. The van der Waals surface area contributed by atoms with Crippen molar-refractivity contribution in [3.63, 3.8) is 0 Å². The van der Waals surface area contributed by atoms with Crippen LogP contribution in [0.4, 0.5) is 5.82 Å². The zero-order chi connectivity index (χ0) is 11.9. The highest BCUT2D eigenvalue weighted by Crippen LogP contribution is 2.23. The molecule has 2 rings (SSSR count). The van der Waals surface area contributed by atoms with Gasteiger partial charge in [-0.25, -0.2) is 4.98 Å². The summed E-state index contributed by atoms with van der Waals surface area (Å²) in [6.07, 6.45) is 4.86. The molecule has 0 bridgehead atoms. The van der Waals surface area contributed by atoms with E-state index in [2.05, 4.69) is 17.2 Å². The number of nitrogens with one attached hydrogen (secondary N) is 1. The molecule has 2 heterocycles. The molecular weight excluding hydrogens is 216 g/mol. The van der Waals surface area contributed by atoms with E-state index in [-0.39, 0.29) is 0 Å². The summed E-state index contributed by atoms with van der Waals surface area (Å²) in [4.78, 5) is 4.35. The minimum atomic E-state index is 0.447. The molecule has 1 aliphatic rings.